The molecule has 0 saturated carbocycles. The zero-order chi connectivity index (χ0) is 13.7. The molecule has 3 nitrogen and oxygen atoms in total. The fraction of sp³-hybridized carbons (Fsp3) is 0.625. The van der Waals surface area contributed by atoms with E-state index in [1.807, 2.05) is 12.1 Å². The van der Waals surface area contributed by atoms with Crippen molar-refractivity contribution in [1.82, 2.24) is 10.2 Å². The fourth-order valence-electron chi connectivity index (χ4n) is 3.03. The van der Waals surface area contributed by atoms with Crippen molar-refractivity contribution >= 4 is 0 Å². The quantitative estimate of drug-likeness (QED) is 0.882. The zero-order valence-electron chi connectivity index (χ0n) is 12.4. The molecular weight excluding hydrogens is 236 g/mol. The van der Waals surface area contributed by atoms with E-state index in [-0.39, 0.29) is 0 Å². The van der Waals surface area contributed by atoms with Gasteiger partial charge in [0.15, 0.2) is 0 Å². The van der Waals surface area contributed by atoms with E-state index in [1.54, 1.807) is 7.11 Å². The van der Waals surface area contributed by atoms with Crippen molar-refractivity contribution in [2.45, 2.75) is 32.4 Å². The van der Waals surface area contributed by atoms with Gasteiger partial charge in [0.1, 0.15) is 5.75 Å². The lowest BCUT2D eigenvalue weighted by atomic mass is 9.90. The molecule has 1 aromatic rings. The standard InChI is InChI=1S/C16H26N2O/c1-4-14-12-18(10-9-16(14)17-2)11-13-5-7-15(19-3)8-6-13/h5-8,14,16-17H,4,9-12H2,1-3H3. The van der Waals surface area contributed by atoms with Crippen molar-refractivity contribution in [3.8, 4) is 5.75 Å². The van der Waals surface area contributed by atoms with Crippen molar-refractivity contribution in [1.29, 1.82) is 0 Å². The summed E-state index contributed by atoms with van der Waals surface area (Å²) in [5.74, 6) is 1.71. The first-order valence-corrected chi connectivity index (χ1v) is 7.29. The smallest absolute Gasteiger partial charge is 0.118 e. The van der Waals surface area contributed by atoms with E-state index >= 15 is 0 Å². The van der Waals surface area contributed by atoms with Gasteiger partial charge in [-0.15, -0.1) is 0 Å². The Morgan fingerprint density at radius 3 is 2.63 bits per heavy atom. The Kier molecular flexibility index (Phi) is 5.23. The maximum atomic E-state index is 5.20. The number of ether oxygens (including phenoxy) is 1. The molecule has 2 rings (SSSR count). The number of hydrogen-bond acceptors (Lipinski definition) is 3. The molecular formula is C16H26N2O. The molecule has 1 saturated heterocycles. The highest BCUT2D eigenvalue weighted by Crippen LogP contribution is 2.22. The normalized spacial score (nSPS) is 24.4. The topological polar surface area (TPSA) is 24.5 Å². The number of benzene rings is 1. The minimum atomic E-state index is 0.692. The highest BCUT2D eigenvalue weighted by Gasteiger charge is 2.26. The van der Waals surface area contributed by atoms with Gasteiger partial charge in [0, 0.05) is 19.1 Å². The lowest BCUT2D eigenvalue weighted by Gasteiger charge is -2.38. The number of likely N-dealkylation sites (tertiary alicyclic amines) is 1. The fourth-order valence-corrected chi connectivity index (χ4v) is 3.03. The Bertz CT molecular complexity index is 377. The third-order valence-corrected chi connectivity index (χ3v) is 4.28. The van der Waals surface area contributed by atoms with E-state index in [4.69, 9.17) is 4.74 Å². The molecule has 0 bridgehead atoms. The van der Waals surface area contributed by atoms with Gasteiger partial charge in [-0.3, -0.25) is 4.90 Å². The van der Waals surface area contributed by atoms with Crippen LogP contribution in [0.25, 0.3) is 0 Å². The van der Waals surface area contributed by atoms with Crippen LogP contribution in [0.1, 0.15) is 25.3 Å². The van der Waals surface area contributed by atoms with E-state index < -0.39 is 0 Å². The van der Waals surface area contributed by atoms with Crippen LogP contribution in [0.15, 0.2) is 24.3 Å². The molecule has 0 amide bonds. The molecule has 2 atom stereocenters. The number of rotatable bonds is 5. The summed E-state index contributed by atoms with van der Waals surface area (Å²) in [5.41, 5.74) is 1.37. The van der Waals surface area contributed by atoms with Crippen LogP contribution in [0.5, 0.6) is 5.75 Å². The van der Waals surface area contributed by atoms with Gasteiger partial charge in [-0.1, -0.05) is 25.5 Å². The molecule has 1 N–H and O–H groups in total. The minimum Gasteiger partial charge on any atom is -0.497 e. The molecule has 1 fully saturated rings. The average molecular weight is 262 g/mol. The second-order valence-electron chi connectivity index (χ2n) is 5.44. The van der Waals surface area contributed by atoms with Gasteiger partial charge in [-0.05, 0) is 43.6 Å². The van der Waals surface area contributed by atoms with Crippen molar-refractivity contribution in [3.05, 3.63) is 29.8 Å². The summed E-state index contributed by atoms with van der Waals surface area (Å²) >= 11 is 0. The molecule has 0 spiro atoms. The zero-order valence-corrected chi connectivity index (χ0v) is 12.4. The second kappa shape index (κ2) is 6.92. The van der Waals surface area contributed by atoms with Gasteiger partial charge >= 0.3 is 0 Å². The van der Waals surface area contributed by atoms with Gasteiger partial charge in [-0.25, -0.2) is 0 Å². The van der Waals surface area contributed by atoms with Gasteiger partial charge in [0.25, 0.3) is 0 Å². The Labute approximate surface area is 116 Å². The minimum absolute atomic E-state index is 0.692. The van der Waals surface area contributed by atoms with Gasteiger partial charge in [-0.2, -0.15) is 0 Å². The molecule has 19 heavy (non-hydrogen) atoms. The molecule has 0 radical (unpaired) electrons. The van der Waals surface area contributed by atoms with Crippen molar-refractivity contribution < 1.29 is 4.74 Å². The SMILES string of the molecule is CCC1CN(Cc2ccc(OC)cc2)CCC1NC. The van der Waals surface area contributed by atoms with Crippen molar-refractivity contribution in [3.63, 3.8) is 0 Å². The summed E-state index contributed by atoms with van der Waals surface area (Å²) in [4.78, 5) is 2.57. The number of nitrogens with one attached hydrogen (secondary N) is 1. The maximum Gasteiger partial charge on any atom is 0.118 e. The Hall–Kier alpha value is -1.06. The number of piperidine rings is 1. The van der Waals surface area contributed by atoms with Crippen molar-refractivity contribution in [2.75, 3.05) is 27.2 Å². The molecule has 106 valence electrons. The molecule has 1 aromatic carbocycles. The van der Waals surface area contributed by atoms with Gasteiger partial charge in [0.2, 0.25) is 0 Å². The highest BCUT2D eigenvalue weighted by molar-refractivity contribution is 5.27. The molecule has 0 aliphatic carbocycles. The summed E-state index contributed by atoms with van der Waals surface area (Å²) in [5, 5.41) is 3.46. The average Bonchev–Trinajstić information content (AvgIpc) is 2.48. The first-order valence-electron chi connectivity index (χ1n) is 7.29. The predicted octanol–water partition coefficient (Wildman–Crippen LogP) is 2.52. The molecule has 1 aliphatic heterocycles. The van der Waals surface area contributed by atoms with Crippen LogP contribution in [-0.2, 0) is 6.54 Å². The third-order valence-electron chi connectivity index (χ3n) is 4.28. The van der Waals surface area contributed by atoms with Crippen LogP contribution in [0, 0.1) is 5.92 Å². The summed E-state index contributed by atoms with van der Waals surface area (Å²) in [6, 6.07) is 9.13. The molecule has 3 heteroatoms. The Balaban J connectivity index is 1.92. The van der Waals surface area contributed by atoms with Gasteiger partial charge < -0.3 is 10.1 Å². The highest BCUT2D eigenvalue weighted by atomic mass is 16.5. The third kappa shape index (κ3) is 3.71. The Morgan fingerprint density at radius 1 is 1.32 bits per heavy atom. The van der Waals surface area contributed by atoms with Gasteiger partial charge in [0.05, 0.1) is 7.11 Å². The first kappa shape index (κ1) is 14.4. The lowest BCUT2D eigenvalue weighted by molar-refractivity contribution is 0.132. The summed E-state index contributed by atoms with van der Waals surface area (Å²) < 4.78 is 5.20. The monoisotopic (exact) mass is 262 g/mol. The van der Waals surface area contributed by atoms with E-state index in [2.05, 4.69) is 36.3 Å². The number of nitrogens with zero attached hydrogens (tertiary/aromatic N) is 1. The van der Waals surface area contributed by atoms with E-state index in [0.717, 1.165) is 18.2 Å². The van der Waals surface area contributed by atoms with E-state index in [9.17, 15) is 0 Å². The van der Waals surface area contributed by atoms with E-state index in [0.29, 0.717) is 6.04 Å². The van der Waals surface area contributed by atoms with Crippen LogP contribution in [0.4, 0.5) is 0 Å². The second-order valence-corrected chi connectivity index (χ2v) is 5.44. The summed E-state index contributed by atoms with van der Waals surface area (Å²) in [7, 11) is 3.80. The Morgan fingerprint density at radius 2 is 2.05 bits per heavy atom. The maximum absolute atomic E-state index is 5.20. The first-order chi connectivity index (χ1) is 9.26. The molecule has 2 unspecified atom stereocenters. The van der Waals surface area contributed by atoms with Crippen LogP contribution in [-0.4, -0.2) is 38.2 Å². The number of methoxy groups -OCH3 is 1. The molecule has 1 aliphatic rings. The van der Waals surface area contributed by atoms with Crippen LogP contribution in [0.2, 0.25) is 0 Å². The van der Waals surface area contributed by atoms with E-state index in [1.165, 1.54) is 31.5 Å². The largest absolute Gasteiger partial charge is 0.497 e. The number of hydrogen-bond donors (Lipinski definition) is 1. The van der Waals surface area contributed by atoms with Crippen LogP contribution >= 0.6 is 0 Å². The molecule has 1 heterocycles. The predicted molar refractivity (Wildman–Crippen MR) is 79.5 cm³/mol. The molecule has 0 aromatic heterocycles. The van der Waals surface area contributed by atoms with Crippen LogP contribution in [0.3, 0.4) is 0 Å². The summed E-state index contributed by atoms with van der Waals surface area (Å²) in [6.07, 6.45) is 2.51. The van der Waals surface area contributed by atoms with Crippen LogP contribution < -0.4 is 10.1 Å². The summed E-state index contributed by atoms with van der Waals surface area (Å²) in [6.45, 7) is 5.74. The van der Waals surface area contributed by atoms with Crippen molar-refractivity contribution in [2.24, 2.45) is 5.92 Å². The lowest BCUT2D eigenvalue weighted by Crippen LogP contribution is -2.47.